The highest BCUT2D eigenvalue weighted by Crippen LogP contribution is 2.61. The first-order valence-electron chi connectivity index (χ1n) is 12.4. The number of fused-ring (bicyclic) bond motifs is 3. The predicted molar refractivity (Wildman–Crippen MR) is 133 cm³/mol. The Balaban J connectivity index is 1.17. The van der Waals surface area contributed by atoms with Crippen molar-refractivity contribution in [2.24, 2.45) is 23.2 Å². The molecule has 2 bridgehead atoms. The molecule has 0 unspecified atom stereocenters. The third kappa shape index (κ3) is 4.44. The van der Waals surface area contributed by atoms with Gasteiger partial charge in [0, 0.05) is 43.2 Å². The zero-order valence-electron chi connectivity index (χ0n) is 20.2. The number of nitrogens with one attached hydrogen (secondary N) is 4. The maximum atomic E-state index is 5.50. The van der Waals surface area contributed by atoms with Gasteiger partial charge in [-0.25, -0.2) is 4.98 Å². The molecular formula is C25H32N8O2. The van der Waals surface area contributed by atoms with Crippen molar-refractivity contribution >= 4 is 23.5 Å². The van der Waals surface area contributed by atoms with E-state index in [1.54, 1.807) is 6.33 Å². The van der Waals surface area contributed by atoms with Crippen molar-refractivity contribution in [1.82, 2.24) is 24.9 Å². The Morgan fingerprint density at radius 2 is 1.86 bits per heavy atom. The molecule has 0 radical (unpaired) electrons. The van der Waals surface area contributed by atoms with E-state index in [4.69, 9.17) is 9.47 Å². The molecule has 2 aromatic heterocycles. The molecule has 3 saturated carbocycles. The number of rotatable bonds is 9. The zero-order chi connectivity index (χ0) is 23.8. The molecule has 3 aromatic rings. The van der Waals surface area contributed by atoms with Gasteiger partial charge in [0.05, 0.1) is 6.33 Å². The van der Waals surface area contributed by atoms with Crippen molar-refractivity contribution in [3.63, 3.8) is 0 Å². The predicted octanol–water partition coefficient (Wildman–Crippen LogP) is 4.21. The molecule has 1 aromatic carbocycles. The van der Waals surface area contributed by atoms with Crippen molar-refractivity contribution in [3.8, 4) is 11.5 Å². The third-order valence-electron chi connectivity index (χ3n) is 8.02. The first-order valence-corrected chi connectivity index (χ1v) is 12.4. The zero-order valence-corrected chi connectivity index (χ0v) is 20.2. The van der Waals surface area contributed by atoms with E-state index in [9.17, 15) is 0 Å². The van der Waals surface area contributed by atoms with Gasteiger partial charge in [0.25, 0.3) is 0 Å². The topological polar surface area (TPSA) is 122 Å². The van der Waals surface area contributed by atoms with Crippen LogP contribution >= 0.6 is 0 Å². The van der Waals surface area contributed by atoms with Gasteiger partial charge in [-0.2, -0.15) is 15.0 Å². The lowest BCUT2D eigenvalue weighted by molar-refractivity contribution is -0.100. The molecule has 1 aliphatic heterocycles. The van der Waals surface area contributed by atoms with Crippen molar-refractivity contribution in [2.45, 2.75) is 39.5 Å². The maximum Gasteiger partial charge on any atom is 0.233 e. The Kier molecular flexibility index (Phi) is 5.58. The summed E-state index contributed by atoms with van der Waals surface area (Å²) in [6, 6.07) is 5.69. The highest BCUT2D eigenvalue weighted by Gasteiger charge is 2.53. The average Bonchev–Trinajstić information content (AvgIpc) is 3.54. The minimum atomic E-state index is 0.239. The summed E-state index contributed by atoms with van der Waals surface area (Å²) in [4.78, 5) is 21.1. The summed E-state index contributed by atoms with van der Waals surface area (Å²) >= 11 is 0. The third-order valence-corrected chi connectivity index (χ3v) is 8.02. The summed E-state index contributed by atoms with van der Waals surface area (Å²) in [5, 5.41) is 10.1. The van der Waals surface area contributed by atoms with E-state index >= 15 is 0 Å². The summed E-state index contributed by atoms with van der Waals surface area (Å²) < 4.78 is 10.9. The minimum absolute atomic E-state index is 0.239. The van der Waals surface area contributed by atoms with Crippen molar-refractivity contribution in [2.75, 3.05) is 35.8 Å². The molecule has 10 heteroatoms. The van der Waals surface area contributed by atoms with Crippen LogP contribution in [-0.2, 0) is 6.42 Å². The van der Waals surface area contributed by atoms with Crippen LogP contribution in [-0.4, -0.2) is 44.8 Å². The lowest BCUT2D eigenvalue weighted by Gasteiger charge is -2.60. The molecule has 0 amide bonds. The van der Waals surface area contributed by atoms with Gasteiger partial charge < -0.3 is 30.4 Å². The lowest BCUT2D eigenvalue weighted by atomic mass is 9.45. The van der Waals surface area contributed by atoms with Crippen molar-refractivity contribution < 1.29 is 9.47 Å². The molecule has 3 atom stereocenters. The number of ether oxygens (including phenoxy) is 2. The number of aromatic amines is 1. The molecule has 3 heterocycles. The number of anilines is 4. The molecule has 10 nitrogen and oxygen atoms in total. The second-order valence-corrected chi connectivity index (χ2v) is 10.3. The van der Waals surface area contributed by atoms with Crippen LogP contribution in [0.4, 0.5) is 23.5 Å². The highest BCUT2D eigenvalue weighted by atomic mass is 16.7. The summed E-state index contributed by atoms with van der Waals surface area (Å²) in [6.07, 6.45) is 8.25. The Morgan fingerprint density at radius 3 is 2.66 bits per heavy atom. The van der Waals surface area contributed by atoms with Crippen LogP contribution in [0.25, 0.3) is 0 Å². The van der Waals surface area contributed by atoms with Gasteiger partial charge in [0.15, 0.2) is 11.5 Å². The molecule has 35 heavy (non-hydrogen) atoms. The Morgan fingerprint density at radius 1 is 1.03 bits per heavy atom. The Bertz CT molecular complexity index is 1180. The standard InChI is InChI=1S/C25H32N8O2/c1-25(2)16-4-3-15(19(25)9-16)11-28-23-31-22(27-8-7-18-12-26-13-29-18)32-24(33-23)30-17-5-6-20-21(10-17)35-14-34-20/h5-6,10,12-13,15-16,19H,3-4,7-9,11,14H2,1-2H3,(H,26,29)(H3,27,28,30,31,32,33)/t15-,16-,19-/m0/s1. The quantitative estimate of drug-likeness (QED) is 0.360. The van der Waals surface area contributed by atoms with Crippen LogP contribution in [0.2, 0.25) is 0 Å². The number of hydrogen-bond donors (Lipinski definition) is 4. The summed E-state index contributed by atoms with van der Waals surface area (Å²) in [5.74, 6) is 5.33. The van der Waals surface area contributed by atoms with Crippen molar-refractivity contribution in [3.05, 3.63) is 36.4 Å². The number of H-pyrrole nitrogens is 1. The number of benzene rings is 1. The summed E-state index contributed by atoms with van der Waals surface area (Å²) in [5.41, 5.74) is 2.33. The number of imidazole rings is 1. The fourth-order valence-corrected chi connectivity index (χ4v) is 5.85. The summed E-state index contributed by atoms with van der Waals surface area (Å²) in [7, 11) is 0. The fraction of sp³-hybridized carbons (Fsp3) is 0.520. The molecule has 184 valence electrons. The van der Waals surface area contributed by atoms with E-state index < -0.39 is 0 Å². The van der Waals surface area contributed by atoms with Crippen LogP contribution < -0.4 is 25.4 Å². The molecular weight excluding hydrogens is 444 g/mol. The first-order chi connectivity index (χ1) is 17.0. The largest absolute Gasteiger partial charge is 0.454 e. The number of hydrogen-bond acceptors (Lipinski definition) is 9. The molecule has 0 spiro atoms. The minimum Gasteiger partial charge on any atom is -0.454 e. The van der Waals surface area contributed by atoms with E-state index in [2.05, 4.69) is 54.7 Å². The van der Waals surface area contributed by atoms with Crippen LogP contribution in [0.15, 0.2) is 30.7 Å². The molecule has 4 aliphatic rings. The molecule has 3 fully saturated rings. The van der Waals surface area contributed by atoms with E-state index in [1.807, 2.05) is 24.4 Å². The maximum absolute atomic E-state index is 5.50. The van der Waals surface area contributed by atoms with Gasteiger partial charge in [-0.3, -0.25) is 0 Å². The van der Waals surface area contributed by atoms with Crippen LogP contribution in [0.5, 0.6) is 11.5 Å². The van der Waals surface area contributed by atoms with E-state index in [0.717, 1.165) is 41.9 Å². The smallest absolute Gasteiger partial charge is 0.233 e. The summed E-state index contributed by atoms with van der Waals surface area (Å²) in [6.45, 7) is 6.64. The van der Waals surface area contributed by atoms with Gasteiger partial charge in [-0.15, -0.1) is 0 Å². The molecule has 3 aliphatic carbocycles. The van der Waals surface area contributed by atoms with Crippen LogP contribution in [0.1, 0.15) is 38.8 Å². The second kappa shape index (κ2) is 8.90. The van der Waals surface area contributed by atoms with E-state index in [-0.39, 0.29) is 6.79 Å². The Hall–Kier alpha value is -3.56. The van der Waals surface area contributed by atoms with Gasteiger partial charge in [0.2, 0.25) is 24.6 Å². The fourth-order valence-electron chi connectivity index (χ4n) is 5.85. The van der Waals surface area contributed by atoms with Crippen LogP contribution in [0.3, 0.4) is 0 Å². The normalized spacial score (nSPS) is 23.4. The lowest BCUT2D eigenvalue weighted by Crippen LogP contribution is -2.53. The van der Waals surface area contributed by atoms with Crippen LogP contribution in [0, 0.1) is 23.2 Å². The number of nitrogens with zero attached hydrogens (tertiary/aromatic N) is 4. The van der Waals surface area contributed by atoms with Gasteiger partial charge in [-0.1, -0.05) is 13.8 Å². The second-order valence-electron chi connectivity index (χ2n) is 10.3. The SMILES string of the molecule is CC1(C)[C@H]2CC[C@@H](CNc3nc(NCCc4cnc[nH]4)nc(Nc4ccc5c(c4)OCO5)n3)[C@@H]1C2. The number of aromatic nitrogens is 5. The first kappa shape index (κ1) is 21.9. The van der Waals surface area contributed by atoms with E-state index in [1.165, 1.54) is 19.3 Å². The van der Waals surface area contributed by atoms with Gasteiger partial charge in [-0.05, 0) is 54.6 Å². The van der Waals surface area contributed by atoms with Gasteiger partial charge in [0.1, 0.15) is 0 Å². The Labute approximate surface area is 204 Å². The molecule has 0 saturated heterocycles. The molecule has 7 rings (SSSR count). The van der Waals surface area contributed by atoms with E-state index in [0.29, 0.717) is 41.5 Å². The monoisotopic (exact) mass is 476 g/mol. The average molecular weight is 477 g/mol. The molecule has 4 N–H and O–H groups in total. The van der Waals surface area contributed by atoms with Gasteiger partial charge >= 0.3 is 0 Å². The highest BCUT2D eigenvalue weighted by molar-refractivity contribution is 5.61. The van der Waals surface area contributed by atoms with Crippen molar-refractivity contribution in [1.29, 1.82) is 0 Å².